The first-order chi connectivity index (χ1) is 7.74. The molecule has 0 fully saturated rings. The second-order valence-electron chi connectivity index (χ2n) is 4.32. The van der Waals surface area contributed by atoms with E-state index in [0.29, 0.717) is 5.92 Å². The van der Waals surface area contributed by atoms with Crippen molar-refractivity contribution in [1.82, 2.24) is 0 Å². The Morgan fingerprint density at radius 2 is 1.75 bits per heavy atom. The molecule has 0 aliphatic heterocycles. The van der Waals surface area contributed by atoms with E-state index in [9.17, 15) is 0 Å². The maximum atomic E-state index is 5.64. The standard InChI is InChI=1S/C14H21ClS/c1-12(2)13-6-8-14(9-7-13)16-11-5-3-4-10-15/h6-9,12H,3-5,10-11H2,1-2H3. The minimum atomic E-state index is 0.628. The van der Waals surface area contributed by atoms with E-state index in [-0.39, 0.29) is 0 Å². The Labute approximate surface area is 109 Å². The molecule has 0 bridgehead atoms. The Hall–Kier alpha value is -0.140. The highest BCUT2D eigenvalue weighted by Gasteiger charge is 1.99. The monoisotopic (exact) mass is 256 g/mol. The first-order valence-electron chi connectivity index (χ1n) is 6.02. The van der Waals surface area contributed by atoms with Gasteiger partial charge in [-0.3, -0.25) is 0 Å². The van der Waals surface area contributed by atoms with Crippen LogP contribution in [0.2, 0.25) is 0 Å². The van der Waals surface area contributed by atoms with Gasteiger partial charge in [-0.1, -0.05) is 32.4 Å². The van der Waals surface area contributed by atoms with Gasteiger partial charge in [0.2, 0.25) is 0 Å². The van der Waals surface area contributed by atoms with Gasteiger partial charge in [-0.05, 0) is 42.2 Å². The van der Waals surface area contributed by atoms with E-state index < -0.39 is 0 Å². The quantitative estimate of drug-likeness (QED) is 0.362. The molecular weight excluding hydrogens is 236 g/mol. The zero-order valence-electron chi connectivity index (χ0n) is 10.2. The van der Waals surface area contributed by atoms with Crippen molar-refractivity contribution in [3.63, 3.8) is 0 Å². The molecule has 0 N–H and O–H groups in total. The van der Waals surface area contributed by atoms with Crippen LogP contribution in [0.1, 0.15) is 44.6 Å². The molecule has 0 aromatic heterocycles. The van der Waals surface area contributed by atoms with E-state index in [1.165, 1.54) is 29.1 Å². The van der Waals surface area contributed by atoms with Gasteiger partial charge in [0.1, 0.15) is 0 Å². The molecule has 0 unspecified atom stereocenters. The Balaban J connectivity index is 2.27. The lowest BCUT2D eigenvalue weighted by Crippen LogP contribution is -1.87. The van der Waals surface area contributed by atoms with Gasteiger partial charge in [0, 0.05) is 10.8 Å². The Morgan fingerprint density at radius 3 is 2.31 bits per heavy atom. The second kappa shape index (κ2) is 8.03. The summed E-state index contributed by atoms with van der Waals surface area (Å²) in [5, 5.41) is 0. The highest BCUT2D eigenvalue weighted by Crippen LogP contribution is 2.22. The van der Waals surface area contributed by atoms with Gasteiger partial charge in [0.15, 0.2) is 0 Å². The highest BCUT2D eigenvalue weighted by atomic mass is 35.5. The van der Waals surface area contributed by atoms with E-state index in [4.69, 9.17) is 11.6 Å². The predicted octanol–water partition coefficient (Wildman–Crippen LogP) is 5.31. The first-order valence-corrected chi connectivity index (χ1v) is 7.54. The fourth-order valence-corrected chi connectivity index (χ4v) is 2.61. The topological polar surface area (TPSA) is 0 Å². The van der Waals surface area contributed by atoms with Crippen LogP contribution in [0.25, 0.3) is 0 Å². The third kappa shape index (κ3) is 5.27. The summed E-state index contributed by atoms with van der Waals surface area (Å²) in [6.45, 7) is 4.46. The Morgan fingerprint density at radius 1 is 1.06 bits per heavy atom. The van der Waals surface area contributed by atoms with E-state index in [0.717, 1.165) is 12.3 Å². The first kappa shape index (κ1) is 13.9. The second-order valence-corrected chi connectivity index (χ2v) is 5.87. The highest BCUT2D eigenvalue weighted by molar-refractivity contribution is 7.99. The molecule has 0 spiro atoms. The van der Waals surface area contributed by atoms with Crippen molar-refractivity contribution in [3.05, 3.63) is 29.8 Å². The normalized spacial score (nSPS) is 11.0. The summed E-state index contributed by atoms with van der Waals surface area (Å²) < 4.78 is 0. The molecule has 0 aliphatic carbocycles. The molecule has 0 radical (unpaired) electrons. The summed E-state index contributed by atoms with van der Waals surface area (Å²) in [6, 6.07) is 8.96. The Bertz CT molecular complexity index is 279. The van der Waals surface area contributed by atoms with Crippen molar-refractivity contribution in [2.24, 2.45) is 0 Å². The minimum Gasteiger partial charge on any atom is -0.127 e. The Kier molecular flexibility index (Phi) is 6.98. The number of hydrogen-bond acceptors (Lipinski definition) is 1. The van der Waals surface area contributed by atoms with Crippen molar-refractivity contribution < 1.29 is 0 Å². The number of thioether (sulfide) groups is 1. The molecule has 0 heterocycles. The molecule has 0 nitrogen and oxygen atoms in total. The maximum Gasteiger partial charge on any atom is 0.0223 e. The lowest BCUT2D eigenvalue weighted by atomic mass is 10.0. The molecule has 0 amide bonds. The van der Waals surface area contributed by atoms with Crippen LogP contribution in [-0.4, -0.2) is 11.6 Å². The molecule has 0 atom stereocenters. The minimum absolute atomic E-state index is 0.628. The smallest absolute Gasteiger partial charge is 0.0223 e. The number of halogens is 1. The average molecular weight is 257 g/mol. The maximum absolute atomic E-state index is 5.64. The zero-order chi connectivity index (χ0) is 11.8. The van der Waals surface area contributed by atoms with Gasteiger partial charge >= 0.3 is 0 Å². The van der Waals surface area contributed by atoms with Crippen LogP contribution in [0.3, 0.4) is 0 Å². The molecular formula is C14H21ClS. The van der Waals surface area contributed by atoms with E-state index >= 15 is 0 Å². The summed E-state index contributed by atoms with van der Waals surface area (Å²) in [6.07, 6.45) is 3.66. The van der Waals surface area contributed by atoms with Gasteiger partial charge in [-0.2, -0.15) is 0 Å². The van der Waals surface area contributed by atoms with Gasteiger partial charge in [-0.15, -0.1) is 23.4 Å². The van der Waals surface area contributed by atoms with Crippen molar-refractivity contribution in [2.45, 2.75) is 43.9 Å². The molecule has 0 saturated carbocycles. The van der Waals surface area contributed by atoms with Gasteiger partial charge in [0.05, 0.1) is 0 Å². The van der Waals surface area contributed by atoms with Crippen molar-refractivity contribution >= 4 is 23.4 Å². The van der Waals surface area contributed by atoms with Crippen molar-refractivity contribution in [2.75, 3.05) is 11.6 Å². The molecule has 1 rings (SSSR count). The molecule has 2 heteroatoms. The summed E-state index contributed by atoms with van der Waals surface area (Å²) in [7, 11) is 0. The largest absolute Gasteiger partial charge is 0.127 e. The van der Waals surface area contributed by atoms with Gasteiger partial charge in [0.25, 0.3) is 0 Å². The van der Waals surface area contributed by atoms with Crippen LogP contribution in [-0.2, 0) is 0 Å². The van der Waals surface area contributed by atoms with Crippen molar-refractivity contribution in [3.8, 4) is 0 Å². The average Bonchev–Trinajstić information content (AvgIpc) is 2.29. The van der Waals surface area contributed by atoms with Crippen LogP contribution in [0.4, 0.5) is 0 Å². The number of hydrogen-bond donors (Lipinski definition) is 0. The molecule has 90 valence electrons. The van der Waals surface area contributed by atoms with Crippen molar-refractivity contribution in [1.29, 1.82) is 0 Å². The molecule has 0 saturated heterocycles. The third-order valence-electron chi connectivity index (χ3n) is 2.59. The number of benzene rings is 1. The third-order valence-corrected chi connectivity index (χ3v) is 3.96. The molecule has 1 aromatic carbocycles. The summed E-state index contributed by atoms with van der Waals surface area (Å²) in [5.41, 5.74) is 1.42. The number of alkyl halides is 1. The fourth-order valence-electron chi connectivity index (χ4n) is 1.51. The lowest BCUT2D eigenvalue weighted by molar-refractivity contribution is 0.783. The van der Waals surface area contributed by atoms with Crippen LogP contribution >= 0.6 is 23.4 Å². The van der Waals surface area contributed by atoms with E-state index in [1.807, 2.05) is 11.8 Å². The summed E-state index contributed by atoms with van der Waals surface area (Å²) in [5.74, 6) is 2.63. The van der Waals surface area contributed by atoms with Crippen LogP contribution < -0.4 is 0 Å². The lowest BCUT2D eigenvalue weighted by Gasteiger charge is -2.06. The van der Waals surface area contributed by atoms with Gasteiger partial charge in [-0.25, -0.2) is 0 Å². The summed E-state index contributed by atoms with van der Waals surface area (Å²) in [4.78, 5) is 1.38. The zero-order valence-corrected chi connectivity index (χ0v) is 11.8. The molecule has 0 aliphatic rings. The van der Waals surface area contributed by atoms with Gasteiger partial charge < -0.3 is 0 Å². The molecule has 16 heavy (non-hydrogen) atoms. The van der Waals surface area contributed by atoms with Crippen LogP contribution in [0.5, 0.6) is 0 Å². The number of rotatable bonds is 7. The fraction of sp³-hybridized carbons (Fsp3) is 0.571. The van der Waals surface area contributed by atoms with E-state index in [1.54, 1.807) is 0 Å². The summed E-state index contributed by atoms with van der Waals surface area (Å²) >= 11 is 7.59. The molecule has 1 aromatic rings. The van der Waals surface area contributed by atoms with Crippen LogP contribution in [0.15, 0.2) is 29.2 Å². The number of unbranched alkanes of at least 4 members (excludes halogenated alkanes) is 2. The van der Waals surface area contributed by atoms with E-state index in [2.05, 4.69) is 38.1 Å². The predicted molar refractivity (Wildman–Crippen MR) is 75.8 cm³/mol. The SMILES string of the molecule is CC(C)c1ccc(SCCCCCCl)cc1. The van der Waals surface area contributed by atoms with Crippen LogP contribution in [0, 0.1) is 0 Å².